The molecule has 18 heavy (non-hydrogen) atoms. The number of pyridine rings is 1. The molecule has 0 aliphatic rings. The van der Waals surface area contributed by atoms with Crippen LogP contribution in [0.15, 0.2) is 36.5 Å². The molecule has 1 aromatic carbocycles. The second-order valence-electron chi connectivity index (χ2n) is 4.12. The molecule has 2 nitrogen and oxygen atoms in total. The van der Waals surface area contributed by atoms with E-state index in [9.17, 15) is 8.78 Å². The Morgan fingerprint density at radius 3 is 2.39 bits per heavy atom. The lowest BCUT2D eigenvalue weighted by molar-refractivity contribution is 0.517. The summed E-state index contributed by atoms with van der Waals surface area (Å²) >= 11 is 0. The molecule has 0 bridgehead atoms. The highest BCUT2D eigenvalue weighted by atomic mass is 19.1. The molecular formula is C14H14F2N2. The molecule has 0 saturated heterocycles. The molecule has 0 spiro atoms. The van der Waals surface area contributed by atoms with Gasteiger partial charge in [-0.05, 0) is 43.8 Å². The first-order valence-corrected chi connectivity index (χ1v) is 5.67. The molecule has 0 amide bonds. The molecule has 1 aromatic heterocycles. The Labute approximate surface area is 105 Å². The van der Waals surface area contributed by atoms with Crippen molar-refractivity contribution in [2.75, 3.05) is 7.05 Å². The fourth-order valence-corrected chi connectivity index (χ4v) is 1.94. The Balaban J connectivity index is 2.52. The van der Waals surface area contributed by atoms with Crippen molar-refractivity contribution in [2.45, 2.75) is 13.0 Å². The third-order valence-corrected chi connectivity index (χ3v) is 2.81. The maximum Gasteiger partial charge on any atom is 0.131 e. The molecule has 1 atom stereocenters. The van der Waals surface area contributed by atoms with Gasteiger partial charge in [-0.25, -0.2) is 8.78 Å². The topological polar surface area (TPSA) is 24.9 Å². The molecule has 0 radical (unpaired) electrons. The van der Waals surface area contributed by atoms with Crippen LogP contribution in [0.1, 0.15) is 22.9 Å². The van der Waals surface area contributed by atoms with Crippen LogP contribution in [0.5, 0.6) is 0 Å². The van der Waals surface area contributed by atoms with Crippen LogP contribution in [0, 0.1) is 18.6 Å². The van der Waals surface area contributed by atoms with Crippen molar-refractivity contribution in [2.24, 2.45) is 0 Å². The summed E-state index contributed by atoms with van der Waals surface area (Å²) in [5, 5.41) is 2.90. The third kappa shape index (κ3) is 2.38. The molecule has 1 N–H and O–H groups in total. The summed E-state index contributed by atoms with van der Waals surface area (Å²) in [6.45, 7) is 1.91. The summed E-state index contributed by atoms with van der Waals surface area (Å²) in [5.74, 6) is -1.14. The smallest absolute Gasteiger partial charge is 0.131 e. The fraction of sp³-hybridized carbons (Fsp3) is 0.214. The van der Waals surface area contributed by atoms with Crippen molar-refractivity contribution in [1.29, 1.82) is 0 Å². The molecule has 1 heterocycles. The number of nitrogens with one attached hydrogen (secondary N) is 1. The number of nitrogens with zero attached hydrogens (tertiary/aromatic N) is 1. The number of aryl methyl sites for hydroxylation is 1. The van der Waals surface area contributed by atoms with Gasteiger partial charge < -0.3 is 5.32 Å². The van der Waals surface area contributed by atoms with Crippen LogP contribution in [0.2, 0.25) is 0 Å². The maximum atomic E-state index is 13.8. The molecule has 0 saturated carbocycles. The van der Waals surface area contributed by atoms with Crippen LogP contribution < -0.4 is 5.32 Å². The van der Waals surface area contributed by atoms with Crippen LogP contribution >= 0.6 is 0 Å². The second-order valence-corrected chi connectivity index (χ2v) is 4.12. The predicted molar refractivity (Wildman–Crippen MR) is 66.2 cm³/mol. The molecule has 2 aromatic rings. The number of hydrogen-bond acceptors (Lipinski definition) is 2. The first kappa shape index (κ1) is 12.6. The van der Waals surface area contributed by atoms with Gasteiger partial charge in [-0.3, -0.25) is 4.98 Å². The largest absolute Gasteiger partial charge is 0.308 e. The molecule has 2 rings (SSSR count). The highest BCUT2D eigenvalue weighted by molar-refractivity contribution is 5.31. The summed E-state index contributed by atoms with van der Waals surface area (Å²) < 4.78 is 27.5. The summed E-state index contributed by atoms with van der Waals surface area (Å²) in [6, 6.07) is 6.91. The Morgan fingerprint density at radius 1 is 1.17 bits per heavy atom. The van der Waals surface area contributed by atoms with E-state index in [0.29, 0.717) is 5.69 Å². The summed E-state index contributed by atoms with van der Waals surface area (Å²) in [7, 11) is 1.65. The maximum absolute atomic E-state index is 13.8. The van der Waals surface area contributed by atoms with Gasteiger partial charge in [-0.15, -0.1) is 0 Å². The van der Waals surface area contributed by atoms with Crippen LogP contribution in [-0.2, 0) is 0 Å². The normalized spacial score (nSPS) is 12.4. The number of rotatable bonds is 3. The SMILES string of the molecule is CNC(c1cc(C)ccn1)c1c(F)cccc1F. The summed E-state index contributed by atoms with van der Waals surface area (Å²) in [6.07, 6.45) is 1.63. The van der Waals surface area contributed by atoms with Crippen LogP contribution in [0.25, 0.3) is 0 Å². The van der Waals surface area contributed by atoms with Crippen LogP contribution in [-0.4, -0.2) is 12.0 Å². The van der Waals surface area contributed by atoms with Gasteiger partial charge in [0.25, 0.3) is 0 Å². The minimum atomic E-state index is -0.592. The summed E-state index contributed by atoms with van der Waals surface area (Å²) in [4.78, 5) is 4.17. The van der Waals surface area contributed by atoms with E-state index >= 15 is 0 Å². The lowest BCUT2D eigenvalue weighted by atomic mass is 10.0. The van der Waals surface area contributed by atoms with Gasteiger partial charge in [0.1, 0.15) is 11.6 Å². The molecule has 4 heteroatoms. The van der Waals surface area contributed by atoms with Crippen molar-refractivity contribution in [3.8, 4) is 0 Å². The monoisotopic (exact) mass is 248 g/mol. The van der Waals surface area contributed by atoms with Gasteiger partial charge in [0.15, 0.2) is 0 Å². The van der Waals surface area contributed by atoms with E-state index in [2.05, 4.69) is 10.3 Å². The Bertz CT molecular complexity index is 535. The van der Waals surface area contributed by atoms with Crippen LogP contribution in [0.3, 0.4) is 0 Å². The lowest BCUT2D eigenvalue weighted by Gasteiger charge is -2.17. The van der Waals surface area contributed by atoms with E-state index in [1.54, 1.807) is 13.2 Å². The molecule has 0 aliphatic heterocycles. The van der Waals surface area contributed by atoms with Crippen molar-refractivity contribution in [3.05, 3.63) is 65.0 Å². The highest BCUT2D eigenvalue weighted by Crippen LogP contribution is 2.25. The van der Waals surface area contributed by atoms with Gasteiger partial charge in [0, 0.05) is 11.8 Å². The van der Waals surface area contributed by atoms with Crippen molar-refractivity contribution >= 4 is 0 Å². The number of aromatic nitrogens is 1. The minimum Gasteiger partial charge on any atom is -0.308 e. The van der Waals surface area contributed by atoms with Crippen molar-refractivity contribution in [1.82, 2.24) is 10.3 Å². The average molecular weight is 248 g/mol. The van der Waals surface area contributed by atoms with Crippen molar-refractivity contribution < 1.29 is 8.78 Å². The van der Waals surface area contributed by atoms with E-state index in [1.165, 1.54) is 18.2 Å². The van der Waals surface area contributed by atoms with Gasteiger partial charge >= 0.3 is 0 Å². The highest BCUT2D eigenvalue weighted by Gasteiger charge is 2.21. The third-order valence-electron chi connectivity index (χ3n) is 2.81. The molecule has 0 fully saturated rings. The number of halogens is 2. The number of benzene rings is 1. The Kier molecular flexibility index (Phi) is 3.67. The molecule has 94 valence electrons. The van der Waals surface area contributed by atoms with E-state index in [1.807, 2.05) is 19.1 Å². The minimum absolute atomic E-state index is 0.00176. The molecule has 1 unspecified atom stereocenters. The zero-order chi connectivity index (χ0) is 13.1. The lowest BCUT2D eigenvalue weighted by Crippen LogP contribution is -2.21. The van der Waals surface area contributed by atoms with Gasteiger partial charge in [-0.1, -0.05) is 6.07 Å². The second kappa shape index (κ2) is 5.23. The van der Waals surface area contributed by atoms with Gasteiger partial charge in [0.05, 0.1) is 11.7 Å². The zero-order valence-electron chi connectivity index (χ0n) is 10.2. The van der Waals surface area contributed by atoms with E-state index in [0.717, 1.165) is 5.56 Å². The summed E-state index contributed by atoms with van der Waals surface area (Å²) in [5.41, 5.74) is 1.59. The number of hydrogen-bond donors (Lipinski definition) is 1. The van der Waals surface area contributed by atoms with E-state index in [-0.39, 0.29) is 5.56 Å². The Hall–Kier alpha value is -1.81. The van der Waals surface area contributed by atoms with E-state index in [4.69, 9.17) is 0 Å². The first-order valence-electron chi connectivity index (χ1n) is 5.67. The predicted octanol–water partition coefficient (Wildman–Crippen LogP) is 2.98. The Morgan fingerprint density at radius 2 is 1.83 bits per heavy atom. The zero-order valence-corrected chi connectivity index (χ0v) is 10.2. The van der Waals surface area contributed by atoms with Gasteiger partial charge in [0.2, 0.25) is 0 Å². The molecular weight excluding hydrogens is 234 g/mol. The molecule has 0 aliphatic carbocycles. The quantitative estimate of drug-likeness (QED) is 0.903. The van der Waals surface area contributed by atoms with Crippen LogP contribution in [0.4, 0.5) is 8.78 Å². The van der Waals surface area contributed by atoms with E-state index < -0.39 is 17.7 Å². The fourth-order valence-electron chi connectivity index (χ4n) is 1.94. The average Bonchev–Trinajstić information content (AvgIpc) is 2.34. The van der Waals surface area contributed by atoms with Gasteiger partial charge in [-0.2, -0.15) is 0 Å². The standard InChI is InChI=1S/C14H14F2N2/c1-9-6-7-18-12(8-9)14(17-2)13-10(15)4-3-5-11(13)16/h3-8,14,17H,1-2H3. The first-order chi connectivity index (χ1) is 8.63. The van der Waals surface area contributed by atoms with Crippen molar-refractivity contribution in [3.63, 3.8) is 0 Å².